The van der Waals surface area contributed by atoms with E-state index in [9.17, 15) is 4.79 Å². The second-order valence-electron chi connectivity index (χ2n) is 0.794. The number of rotatable bonds is 1. The van der Waals surface area contributed by atoms with Crippen LogP contribution in [0.25, 0.3) is 0 Å². The quantitative estimate of drug-likeness (QED) is 0.295. The molecule has 0 aromatic carbocycles. The summed E-state index contributed by atoms with van der Waals surface area (Å²) >= 11 is 4.97. The van der Waals surface area contributed by atoms with Crippen LogP contribution in [0.1, 0.15) is 0 Å². The fourth-order valence-corrected chi connectivity index (χ4v) is 0.163. The number of carbonyl (C=O) groups excluding carboxylic acids is 1. The topological polar surface area (TPSA) is 52.9 Å². The van der Waals surface area contributed by atoms with Gasteiger partial charge in [-0.2, -0.15) is 5.26 Å². The zero-order chi connectivity index (χ0) is 5.70. The van der Waals surface area contributed by atoms with Crippen LogP contribution in [-0.2, 0) is 4.79 Å². The number of hydrogen-bond acceptors (Lipinski definition) is 2. The average molecular weight is 119 g/mol. The number of nitrogens with zero attached hydrogens (tertiary/aromatic N) is 1. The van der Waals surface area contributed by atoms with E-state index in [4.69, 9.17) is 16.9 Å². The monoisotopic (exact) mass is 118 g/mol. The molecule has 4 heteroatoms. The molecule has 0 saturated carbocycles. The SMILES string of the molecule is N#CNC(=O)CCl. The van der Waals surface area contributed by atoms with Crippen LogP contribution < -0.4 is 5.32 Å². The minimum atomic E-state index is -0.468. The summed E-state index contributed by atoms with van der Waals surface area (Å²) in [5.41, 5.74) is 0. The lowest BCUT2D eigenvalue weighted by molar-refractivity contribution is -0.117. The third-order valence-corrected chi connectivity index (χ3v) is 0.559. The van der Waals surface area contributed by atoms with Crippen LogP contribution in [-0.4, -0.2) is 11.8 Å². The summed E-state index contributed by atoms with van der Waals surface area (Å²) in [5, 5.41) is 9.56. The van der Waals surface area contributed by atoms with Gasteiger partial charge in [-0.15, -0.1) is 11.6 Å². The molecule has 0 fully saturated rings. The summed E-state index contributed by atoms with van der Waals surface area (Å²) in [4.78, 5) is 9.95. The molecule has 0 bridgehead atoms. The third kappa shape index (κ3) is 3.07. The molecule has 0 radical (unpaired) electrons. The van der Waals surface area contributed by atoms with Gasteiger partial charge in [0.2, 0.25) is 5.91 Å². The molecule has 0 aliphatic carbocycles. The molecule has 0 unspecified atom stereocenters. The van der Waals surface area contributed by atoms with Gasteiger partial charge in [0.25, 0.3) is 0 Å². The minimum absolute atomic E-state index is 0.159. The molecule has 0 heterocycles. The van der Waals surface area contributed by atoms with Crippen molar-refractivity contribution >= 4 is 17.5 Å². The molecule has 0 saturated heterocycles. The Bertz CT molecular complexity index is 106. The summed E-state index contributed by atoms with van der Waals surface area (Å²) in [5.74, 6) is -0.628. The van der Waals surface area contributed by atoms with Crippen molar-refractivity contribution in [2.75, 3.05) is 5.88 Å². The Morgan fingerprint density at radius 1 is 2.00 bits per heavy atom. The van der Waals surface area contributed by atoms with Crippen LogP contribution in [0.3, 0.4) is 0 Å². The van der Waals surface area contributed by atoms with Crippen molar-refractivity contribution < 1.29 is 4.79 Å². The van der Waals surface area contributed by atoms with Gasteiger partial charge in [0.05, 0.1) is 0 Å². The Kier molecular flexibility index (Phi) is 3.07. The van der Waals surface area contributed by atoms with Gasteiger partial charge in [-0.3, -0.25) is 10.1 Å². The summed E-state index contributed by atoms with van der Waals surface area (Å²) < 4.78 is 0. The number of halogens is 1. The van der Waals surface area contributed by atoms with Crippen LogP contribution in [0.15, 0.2) is 0 Å². The van der Waals surface area contributed by atoms with Crippen LogP contribution >= 0.6 is 11.6 Å². The van der Waals surface area contributed by atoms with Gasteiger partial charge < -0.3 is 0 Å². The molecule has 38 valence electrons. The number of hydrogen-bond donors (Lipinski definition) is 1. The molecule has 1 amide bonds. The van der Waals surface area contributed by atoms with Crippen LogP contribution in [0.4, 0.5) is 0 Å². The largest absolute Gasteiger partial charge is 0.273 e. The van der Waals surface area contributed by atoms with E-state index in [0.29, 0.717) is 0 Å². The smallest absolute Gasteiger partial charge is 0.247 e. The molecule has 0 aliphatic rings. The van der Waals surface area contributed by atoms with Gasteiger partial charge in [0.1, 0.15) is 5.88 Å². The molecule has 0 atom stereocenters. The zero-order valence-corrected chi connectivity index (χ0v) is 4.20. The van der Waals surface area contributed by atoms with Crippen LogP contribution in [0.2, 0.25) is 0 Å². The lowest BCUT2D eigenvalue weighted by Crippen LogP contribution is -2.17. The summed E-state index contributed by atoms with van der Waals surface area (Å²) in [6.45, 7) is 0. The number of nitriles is 1. The first-order valence-corrected chi connectivity index (χ1v) is 2.08. The molecular weight excluding hydrogens is 115 g/mol. The van der Waals surface area contributed by atoms with E-state index >= 15 is 0 Å². The summed E-state index contributed by atoms with van der Waals surface area (Å²) in [6, 6.07) is 0. The molecule has 0 rings (SSSR count). The second kappa shape index (κ2) is 3.44. The first-order chi connectivity index (χ1) is 3.31. The van der Waals surface area contributed by atoms with Gasteiger partial charge in [0.15, 0.2) is 6.19 Å². The predicted molar refractivity (Wildman–Crippen MR) is 24.5 cm³/mol. The van der Waals surface area contributed by atoms with E-state index < -0.39 is 5.91 Å². The molecular formula is C3H3ClN2O. The molecule has 0 aromatic rings. The van der Waals surface area contributed by atoms with Crippen molar-refractivity contribution in [3.05, 3.63) is 0 Å². The highest BCUT2D eigenvalue weighted by Crippen LogP contribution is 1.69. The Hall–Kier alpha value is -0.750. The van der Waals surface area contributed by atoms with Crippen molar-refractivity contribution in [2.24, 2.45) is 0 Å². The zero-order valence-electron chi connectivity index (χ0n) is 3.44. The lowest BCUT2D eigenvalue weighted by atomic mass is 10.7. The Labute approximate surface area is 45.9 Å². The van der Waals surface area contributed by atoms with Crippen molar-refractivity contribution in [1.82, 2.24) is 5.32 Å². The molecule has 1 N–H and O–H groups in total. The number of alkyl halides is 1. The molecule has 0 spiro atoms. The lowest BCUT2D eigenvalue weighted by Gasteiger charge is -1.82. The highest BCUT2D eigenvalue weighted by atomic mass is 35.5. The normalized spacial score (nSPS) is 6.86. The Morgan fingerprint density at radius 2 is 2.57 bits per heavy atom. The standard InChI is InChI=1S/C3H3ClN2O/c4-1-3(7)6-2-5/h1H2,(H,6,7). The maximum atomic E-state index is 9.95. The fourth-order valence-electron chi connectivity index (χ4n) is 0.0958. The molecule has 7 heavy (non-hydrogen) atoms. The van der Waals surface area contributed by atoms with Gasteiger partial charge in [-0.25, -0.2) is 0 Å². The first-order valence-electron chi connectivity index (χ1n) is 1.55. The van der Waals surface area contributed by atoms with Gasteiger partial charge in [-0.1, -0.05) is 0 Å². The summed E-state index contributed by atoms with van der Waals surface area (Å²) in [7, 11) is 0. The van der Waals surface area contributed by atoms with Crippen LogP contribution in [0.5, 0.6) is 0 Å². The van der Waals surface area contributed by atoms with Crippen molar-refractivity contribution in [1.29, 1.82) is 5.26 Å². The summed E-state index contributed by atoms with van der Waals surface area (Å²) in [6.07, 6.45) is 1.43. The van der Waals surface area contributed by atoms with E-state index in [0.717, 1.165) is 0 Å². The number of nitrogens with one attached hydrogen (secondary N) is 1. The third-order valence-electron chi connectivity index (χ3n) is 0.317. The van der Waals surface area contributed by atoms with Crippen LogP contribution in [0, 0.1) is 11.5 Å². The van der Waals surface area contributed by atoms with E-state index in [1.54, 1.807) is 0 Å². The second-order valence-corrected chi connectivity index (χ2v) is 1.06. The van der Waals surface area contributed by atoms with Crippen molar-refractivity contribution in [3.8, 4) is 6.19 Å². The Balaban J connectivity index is 3.23. The van der Waals surface area contributed by atoms with E-state index in [1.807, 2.05) is 5.32 Å². The van der Waals surface area contributed by atoms with E-state index in [2.05, 4.69) is 0 Å². The van der Waals surface area contributed by atoms with E-state index in [1.165, 1.54) is 6.19 Å². The highest BCUT2D eigenvalue weighted by molar-refractivity contribution is 6.27. The number of carbonyl (C=O) groups is 1. The highest BCUT2D eigenvalue weighted by Gasteiger charge is 1.90. The average Bonchev–Trinajstić information content (AvgIpc) is 1.68. The van der Waals surface area contributed by atoms with Gasteiger partial charge in [0, 0.05) is 0 Å². The molecule has 0 aliphatic heterocycles. The maximum absolute atomic E-state index is 9.95. The molecule has 3 nitrogen and oxygen atoms in total. The molecule has 0 aromatic heterocycles. The first kappa shape index (κ1) is 6.25. The minimum Gasteiger partial charge on any atom is -0.273 e. The van der Waals surface area contributed by atoms with Gasteiger partial charge >= 0.3 is 0 Å². The van der Waals surface area contributed by atoms with Gasteiger partial charge in [-0.05, 0) is 0 Å². The van der Waals surface area contributed by atoms with E-state index in [-0.39, 0.29) is 5.88 Å². The Morgan fingerprint density at radius 3 is 2.71 bits per heavy atom. The maximum Gasteiger partial charge on any atom is 0.247 e. The predicted octanol–water partition coefficient (Wildman–Crippen LogP) is -0.178. The van der Waals surface area contributed by atoms with Crippen molar-refractivity contribution in [2.45, 2.75) is 0 Å². The fraction of sp³-hybridized carbons (Fsp3) is 0.333. The van der Waals surface area contributed by atoms with Crippen molar-refractivity contribution in [3.63, 3.8) is 0 Å². The number of amides is 1.